The van der Waals surface area contributed by atoms with Gasteiger partial charge in [-0.05, 0) is 32.3 Å². The topological polar surface area (TPSA) is 0 Å². The van der Waals surface area contributed by atoms with E-state index in [1.807, 2.05) is 0 Å². The zero-order valence-corrected chi connectivity index (χ0v) is 45.1. The van der Waals surface area contributed by atoms with Crippen LogP contribution in [0.4, 0.5) is 0 Å². The summed E-state index contributed by atoms with van der Waals surface area (Å²) in [7, 11) is -2.42. The monoisotopic (exact) mass is 916 g/mol. The van der Waals surface area contributed by atoms with E-state index < -0.39 is 32.3 Å². The van der Waals surface area contributed by atoms with E-state index in [9.17, 15) is 0 Å². The summed E-state index contributed by atoms with van der Waals surface area (Å²) in [5.41, 5.74) is 0. The molecule has 0 aromatic carbocycles. The molecule has 0 bridgehead atoms. The van der Waals surface area contributed by atoms with Crippen molar-refractivity contribution in [2.24, 2.45) is 0 Å². The normalized spacial score (nSPS) is 15.1. The first-order chi connectivity index (χ1) is 19.2. The van der Waals surface area contributed by atoms with E-state index in [4.69, 9.17) is 0 Å². The number of hydrogen-bond acceptors (Lipinski definition) is 0. The van der Waals surface area contributed by atoms with Crippen LogP contribution in [0, 0.1) is 24.3 Å². The van der Waals surface area contributed by atoms with Crippen LogP contribution in [-0.2, 0) is 52.4 Å². The van der Waals surface area contributed by atoms with Crippen molar-refractivity contribution < 1.29 is 77.2 Å². The third-order valence-electron chi connectivity index (χ3n) is 6.25. The van der Waals surface area contributed by atoms with Gasteiger partial charge in [0, 0.05) is 19.0 Å². The van der Waals surface area contributed by atoms with Crippen LogP contribution in [0.15, 0.2) is 69.4 Å². The Bertz CT molecular complexity index is 851. The van der Waals surface area contributed by atoms with Crippen molar-refractivity contribution in [3.63, 3.8) is 0 Å². The van der Waals surface area contributed by atoms with Gasteiger partial charge in [-0.2, -0.15) is 24.3 Å². The molecule has 0 aromatic rings. The van der Waals surface area contributed by atoms with Crippen LogP contribution in [0.2, 0.25) is 105 Å². The zero-order valence-electron chi connectivity index (χ0n) is 32.4. The summed E-state index contributed by atoms with van der Waals surface area (Å²) >= 11 is 0. The molecule has 0 N–H and O–H groups in total. The van der Waals surface area contributed by atoms with Gasteiger partial charge in [0.1, 0.15) is 0 Å². The molecule has 0 heterocycles. The maximum atomic E-state index is 3.20. The van der Waals surface area contributed by atoms with Crippen molar-refractivity contribution in [3.8, 4) is 0 Å². The fourth-order valence-corrected chi connectivity index (χ4v) is 8.68. The summed E-state index contributed by atoms with van der Waals surface area (Å²) in [6.45, 7) is 37.2. The van der Waals surface area contributed by atoms with E-state index in [2.05, 4.69) is 178 Å². The van der Waals surface area contributed by atoms with E-state index in [1.54, 1.807) is 20.8 Å². The largest absolute Gasteiger partial charge is 3.00 e. The SMILES string of the molecule is C[SiH]C.C[SiH]C.C[Si](C)(C)C1=CC[C-]=C1.C[Si](C)(C)C1=CC[C-]=C1.C[Si](C)(C)C1=CC[C-]=C1.C[Si](C)(C)C1=CC[C-]=C1.[Cl-].[Cl-].[Zr+3].[Zr+3]. The molecular weight excluding hydrogens is 854 g/mol. The second kappa shape index (κ2) is 31.3. The minimum atomic E-state index is -0.981. The molecule has 0 saturated heterocycles. The summed E-state index contributed by atoms with van der Waals surface area (Å²) in [6.07, 6.45) is 34.8. The minimum Gasteiger partial charge on any atom is -1.00 e. The molecule has 0 amide bonds. The maximum Gasteiger partial charge on any atom is 3.00 e. The number of hydrogen-bond donors (Lipinski definition) is 0. The van der Waals surface area contributed by atoms with Gasteiger partial charge in [0.05, 0.1) is 0 Å². The van der Waals surface area contributed by atoms with Crippen molar-refractivity contribution in [2.75, 3.05) is 0 Å². The molecule has 4 aliphatic carbocycles. The van der Waals surface area contributed by atoms with Gasteiger partial charge in [-0.15, -0.1) is 25.7 Å². The summed E-state index contributed by atoms with van der Waals surface area (Å²) in [5.74, 6) is 0. The fraction of sp³-hybridized carbons (Fsp3) is 0.556. The third kappa shape index (κ3) is 31.5. The smallest absolute Gasteiger partial charge is 1.00 e. The van der Waals surface area contributed by atoms with Gasteiger partial charge < -0.3 is 24.8 Å². The Balaban J connectivity index is -0.000000107. The van der Waals surface area contributed by atoms with Crippen LogP contribution in [0.1, 0.15) is 25.7 Å². The zero-order chi connectivity index (χ0) is 33.0. The second-order valence-corrected chi connectivity index (χ2v) is 37.6. The first-order valence-electron chi connectivity index (χ1n) is 15.8. The first-order valence-corrected chi connectivity index (χ1v) is 34.4. The predicted molar refractivity (Wildman–Crippen MR) is 213 cm³/mol. The maximum absolute atomic E-state index is 3.20. The van der Waals surface area contributed by atoms with Gasteiger partial charge in [0.15, 0.2) is 0 Å². The minimum absolute atomic E-state index is 0. The number of halogens is 2. The van der Waals surface area contributed by atoms with E-state index in [0.29, 0.717) is 0 Å². The molecule has 0 aromatic heterocycles. The molecule has 46 heavy (non-hydrogen) atoms. The van der Waals surface area contributed by atoms with Crippen LogP contribution >= 0.6 is 0 Å². The van der Waals surface area contributed by atoms with Crippen molar-refractivity contribution >= 4 is 51.3 Å². The second-order valence-electron chi connectivity index (χ2n) is 15.0. The molecular formula is C36H66Cl2Si6Zr2. The summed E-state index contributed by atoms with van der Waals surface area (Å²) in [5, 5.41) is 6.23. The van der Waals surface area contributed by atoms with Gasteiger partial charge in [0.2, 0.25) is 0 Å². The van der Waals surface area contributed by atoms with Crippen LogP contribution in [0.5, 0.6) is 0 Å². The van der Waals surface area contributed by atoms with E-state index in [0.717, 1.165) is 44.7 Å². The molecule has 256 valence electrons. The van der Waals surface area contributed by atoms with Crippen LogP contribution in [0.3, 0.4) is 0 Å². The quantitative estimate of drug-likeness (QED) is 0.267. The Morgan fingerprint density at radius 1 is 0.391 bits per heavy atom. The van der Waals surface area contributed by atoms with Crippen molar-refractivity contribution in [1.29, 1.82) is 0 Å². The Morgan fingerprint density at radius 2 is 0.522 bits per heavy atom. The Labute approximate surface area is 348 Å². The standard InChI is InChI=1S/4C8H13Si.2C2H7Si.2ClH.2Zr/c4*1-9(2,3)8-6-4-5-7-8;2*1-3-2;;;;/h4*6-7H,4H2,1-3H3;2*3H,1-2H3;2*1H;;/q4*-1;;;;;2*+3/p-2. The molecule has 0 spiro atoms. The molecule has 0 unspecified atom stereocenters. The van der Waals surface area contributed by atoms with Crippen LogP contribution in [0.25, 0.3) is 0 Å². The Hall–Kier alpha value is 1.57. The number of allylic oxidation sites excluding steroid dienone is 16. The summed E-state index contributed by atoms with van der Waals surface area (Å²) in [4.78, 5) is 0. The van der Waals surface area contributed by atoms with Gasteiger partial charge in [-0.25, -0.2) is 45.1 Å². The fourth-order valence-electron chi connectivity index (χ4n) is 3.68. The van der Waals surface area contributed by atoms with Crippen LogP contribution in [-0.4, -0.2) is 51.3 Å². The molecule has 4 aliphatic rings. The van der Waals surface area contributed by atoms with Gasteiger partial charge >= 0.3 is 52.4 Å². The van der Waals surface area contributed by atoms with Crippen LogP contribution < -0.4 is 24.8 Å². The Morgan fingerprint density at radius 3 is 0.565 bits per heavy atom. The average molecular weight is 921 g/mol. The summed E-state index contributed by atoms with van der Waals surface area (Å²) < 4.78 is 0. The van der Waals surface area contributed by atoms with Crippen molar-refractivity contribution in [1.82, 2.24) is 0 Å². The molecule has 0 aliphatic heterocycles. The molecule has 4 radical (unpaired) electrons. The molecule has 0 atom stereocenters. The molecule has 0 fully saturated rings. The summed E-state index contributed by atoms with van der Waals surface area (Å²) in [6, 6.07) is 0. The molecule has 10 heteroatoms. The molecule has 0 nitrogen and oxygen atoms in total. The predicted octanol–water partition coefficient (Wildman–Crippen LogP) is 5.25. The molecule has 4 rings (SSSR count). The van der Waals surface area contributed by atoms with E-state index in [1.165, 1.54) is 0 Å². The third-order valence-corrected chi connectivity index (χ3v) is 14.6. The van der Waals surface area contributed by atoms with Gasteiger partial charge in [-0.1, -0.05) is 105 Å². The molecule has 0 saturated carbocycles. The average Bonchev–Trinajstić information content (AvgIpc) is 3.68. The van der Waals surface area contributed by atoms with E-state index in [-0.39, 0.29) is 77.2 Å². The number of rotatable bonds is 4. The first kappa shape index (κ1) is 59.7. The van der Waals surface area contributed by atoms with E-state index >= 15 is 0 Å². The van der Waals surface area contributed by atoms with Crippen molar-refractivity contribution in [2.45, 2.75) is 130 Å². The van der Waals surface area contributed by atoms with Gasteiger partial charge in [0.25, 0.3) is 0 Å². The van der Waals surface area contributed by atoms with Gasteiger partial charge in [-0.3, -0.25) is 24.3 Å². The Kier molecular flexibility index (Phi) is 40.6. The van der Waals surface area contributed by atoms with Crippen molar-refractivity contribution in [3.05, 3.63) is 93.7 Å².